The molecule has 0 spiro atoms. The number of aromatic nitrogens is 2. The fourth-order valence-electron chi connectivity index (χ4n) is 2.16. The SMILES string of the molecule is Cc1ccc(C=Cc2nnc(Cc3cccc(Br)c3)o2)c(Cl)c1. The van der Waals surface area contributed by atoms with Gasteiger partial charge in [-0.2, -0.15) is 0 Å². The zero-order chi connectivity index (χ0) is 16.2. The highest BCUT2D eigenvalue weighted by molar-refractivity contribution is 9.10. The van der Waals surface area contributed by atoms with Crippen LogP contribution in [0.4, 0.5) is 0 Å². The summed E-state index contributed by atoms with van der Waals surface area (Å²) in [5, 5.41) is 8.82. The van der Waals surface area contributed by atoms with E-state index >= 15 is 0 Å². The summed E-state index contributed by atoms with van der Waals surface area (Å²) in [6, 6.07) is 13.9. The molecule has 3 nitrogen and oxygen atoms in total. The van der Waals surface area contributed by atoms with Gasteiger partial charge in [-0.05, 0) is 47.9 Å². The molecular weight excluding hydrogens is 376 g/mol. The molecule has 0 radical (unpaired) electrons. The smallest absolute Gasteiger partial charge is 0.240 e. The van der Waals surface area contributed by atoms with Gasteiger partial charge in [0.05, 0.1) is 6.42 Å². The second kappa shape index (κ2) is 7.11. The number of aryl methyl sites for hydroxylation is 1. The molecule has 116 valence electrons. The topological polar surface area (TPSA) is 38.9 Å². The lowest BCUT2D eigenvalue weighted by atomic mass is 10.1. The fraction of sp³-hybridized carbons (Fsp3) is 0.111. The highest BCUT2D eigenvalue weighted by Crippen LogP contribution is 2.20. The van der Waals surface area contributed by atoms with Gasteiger partial charge in [0, 0.05) is 15.6 Å². The van der Waals surface area contributed by atoms with E-state index in [1.807, 2.05) is 55.5 Å². The summed E-state index contributed by atoms with van der Waals surface area (Å²) in [6.07, 6.45) is 4.25. The Balaban J connectivity index is 1.73. The molecule has 0 amide bonds. The van der Waals surface area contributed by atoms with E-state index in [-0.39, 0.29) is 0 Å². The van der Waals surface area contributed by atoms with Crippen molar-refractivity contribution in [2.45, 2.75) is 13.3 Å². The van der Waals surface area contributed by atoms with Crippen molar-refractivity contribution in [1.82, 2.24) is 10.2 Å². The first-order valence-electron chi connectivity index (χ1n) is 7.11. The van der Waals surface area contributed by atoms with E-state index in [0.717, 1.165) is 21.2 Å². The minimum atomic E-state index is 0.464. The molecule has 1 heterocycles. The van der Waals surface area contributed by atoms with Crippen LogP contribution in [-0.4, -0.2) is 10.2 Å². The largest absolute Gasteiger partial charge is 0.421 e. The van der Waals surface area contributed by atoms with Crippen molar-refractivity contribution in [1.29, 1.82) is 0 Å². The van der Waals surface area contributed by atoms with Crippen molar-refractivity contribution in [3.8, 4) is 0 Å². The minimum Gasteiger partial charge on any atom is -0.421 e. The number of benzene rings is 2. The average molecular weight is 390 g/mol. The van der Waals surface area contributed by atoms with Crippen molar-refractivity contribution in [3.05, 3.63) is 80.4 Å². The second-order valence-corrected chi connectivity index (χ2v) is 6.52. The predicted molar refractivity (Wildman–Crippen MR) is 96.4 cm³/mol. The molecular formula is C18H14BrClN2O. The van der Waals surface area contributed by atoms with Gasteiger partial charge in [0.25, 0.3) is 0 Å². The molecule has 2 aromatic carbocycles. The molecule has 0 aliphatic heterocycles. The lowest BCUT2D eigenvalue weighted by molar-refractivity contribution is 0.496. The third-order valence-electron chi connectivity index (χ3n) is 3.29. The number of hydrogen-bond acceptors (Lipinski definition) is 3. The first-order chi connectivity index (χ1) is 11.1. The van der Waals surface area contributed by atoms with Crippen LogP contribution in [0.2, 0.25) is 5.02 Å². The van der Waals surface area contributed by atoms with Gasteiger partial charge in [-0.15, -0.1) is 10.2 Å². The highest BCUT2D eigenvalue weighted by atomic mass is 79.9. The van der Waals surface area contributed by atoms with E-state index in [2.05, 4.69) is 26.1 Å². The van der Waals surface area contributed by atoms with Crippen molar-refractivity contribution < 1.29 is 4.42 Å². The third-order valence-corrected chi connectivity index (χ3v) is 4.11. The normalized spacial score (nSPS) is 11.3. The first kappa shape index (κ1) is 16.0. The summed E-state index contributed by atoms with van der Waals surface area (Å²) < 4.78 is 6.68. The number of halogens is 2. The summed E-state index contributed by atoms with van der Waals surface area (Å²) in [5.41, 5.74) is 3.16. The van der Waals surface area contributed by atoms with Gasteiger partial charge in [-0.3, -0.25) is 0 Å². The molecule has 0 fully saturated rings. The molecule has 0 bridgehead atoms. The Morgan fingerprint density at radius 2 is 2.00 bits per heavy atom. The maximum Gasteiger partial charge on any atom is 0.240 e. The Labute approximate surface area is 148 Å². The molecule has 3 rings (SSSR count). The summed E-state index contributed by atoms with van der Waals surface area (Å²) in [4.78, 5) is 0. The summed E-state index contributed by atoms with van der Waals surface area (Å²) in [6.45, 7) is 2.01. The van der Waals surface area contributed by atoms with E-state index in [1.54, 1.807) is 6.08 Å². The van der Waals surface area contributed by atoms with Crippen molar-refractivity contribution >= 4 is 39.7 Å². The maximum atomic E-state index is 6.20. The highest BCUT2D eigenvalue weighted by Gasteiger charge is 2.05. The third kappa shape index (κ3) is 4.30. The molecule has 1 aromatic heterocycles. The lowest BCUT2D eigenvalue weighted by Gasteiger charge is -1.98. The monoisotopic (exact) mass is 388 g/mol. The van der Waals surface area contributed by atoms with Gasteiger partial charge in [0.1, 0.15) is 0 Å². The zero-order valence-corrected chi connectivity index (χ0v) is 14.8. The van der Waals surface area contributed by atoms with Gasteiger partial charge in [-0.25, -0.2) is 0 Å². The van der Waals surface area contributed by atoms with Gasteiger partial charge < -0.3 is 4.42 Å². The standard InChI is InChI=1S/C18H14BrClN2O/c1-12-5-6-14(16(20)9-12)7-8-17-21-22-18(23-17)11-13-3-2-4-15(19)10-13/h2-10H,11H2,1H3. The van der Waals surface area contributed by atoms with Crippen LogP contribution >= 0.6 is 27.5 Å². The molecule has 3 aromatic rings. The second-order valence-electron chi connectivity index (χ2n) is 5.20. The molecule has 0 unspecified atom stereocenters. The van der Waals surface area contributed by atoms with E-state index in [4.69, 9.17) is 16.0 Å². The molecule has 0 saturated heterocycles. The number of rotatable bonds is 4. The molecule has 0 saturated carbocycles. The quantitative estimate of drug-likeness (QED) is 0.587. The number of nitrogens with zero attached hydrogens (tertiary/aromatic N) is 2. The van der Waals surface area contributed by atoms with E-state index < -0.39 is 0 Å². The summed E-state index contributed by atoms with van der Waals surface area (Å²) in [7, 11) is 0. The van der Waals surface area contributed by atoms with Crippen molar-refractivity contribution in [3.63, 3.8) is 0 Å². The van der Waals surface area contributed by atoms with Crippen LogP contribution in [0.3, 0.4) is 0 Å². The lowest BCUT2D eigenvalue weighted by Crippen LogP contribution is -1.87. The van der Waals surface area contributed by atoms with Crippen LogP contribution < -0.4 is 0 Å². The molecule has 5 heteroatoms. The summed E-state index contributed by atoms with van der Waals surface area (Å²) in [5.74, 6) is 1.05. The minimum absolute atomic E-state index is 0.464. The Bertz CT molecular complexity index is 858. The van der Waals surface area contributed by atoms with E-state index in [1.165, 1.54) is 0 Å². The molecule has 0 aliphatic carbocycles. The number of hydrogen-bond donors (Lipinski definition) is 0. The van der Waals surface area contributed by atoms with E-state index in [0.29, 0.717) is 23.2 Å². The Morgan fingerprint density at radius 3 is 2.78 bits per heavy atom. The zero-order valence-electron chi connectivity index (χ0n) is 12.5. The average Bonchev–Trinajstić information content (AvgIpc) is 2.94. The summed E-state index contributed by atoms with van der Waals surface area (Å²) >= 11 is 9.65. The van der Waals surface area contributed by atoms with Gasteiger partial charge in [0.2, 0.25) is 11.8 Å². The van der Waals surface area contributed by atoms with Gasteiger partial charge in [-0.1, -0.05) is 51.8 Å². The van der Waals surface area contributed by atoms with Crippen LogP contribution in [0.1, 0.15) is 28.5 Å². The van der Waals surface area contributed by atoms with Gasteiger partial charge in [0.15, 0.2) is 0 Å². The molecule has 0 aliphatic rings. The van der Waals surface area contributed by atoms with Crippen LogP contribution in [0.5, 0.6) is 0 Å². The van der Waals surface area contributed by atoms with Gasteiger partial charge >= 0.3 is 0 Å². The molecule has 23 heavy (non-hydrogen) atoms. The maximum absolute atomic E-state index is 6.20. The van der Waals surface area contributed by atoms with E-state index in [9.17, 15) is 0 Å². The predicted octanol–water partition coefficient (Wildman–Crippen LogP) is 5.56. The molecule has 0 N–H and O–H groups in total. The van der Waals surface area contributed by atoms with Crippen molar-refractivity contribution in [2.75, 3.05) is 0 Å². The van der Waals surface area contributed by atoms with Crippen LogP contribution in [-0.2, 0) is 6.42 Å². The molecule has 0 atom stereocenters. The first-order valence-corrected chi connectivity index (χ1v) is 8.28. The Morgan fingerprint density at radius 1 is 1.13 bits per heavy atom. The van der Waals surface area contributed by atoms with Crippen molar-refractivity contribution in [2.24, 2.45) is 0 Å². The van der Waals surface area contributed by atoms with Crippen LogP contribution in [0, 0.1) is 6.92 Å². The Kier molecular flexibility index (Phi) is 4.94. The Hall–Kier alpha value is -1.91. The fourth-order valence-corrected chi connectivity index (χ4v) is 2.90. The van der Waals surface area contributed by atoms with Crippen LogP contribution in [0.25, 0.3) is 12.2 Å². The van der Waals surface area contributed by atoms with Crippen LogP contribution in [0.15, 0.2) is 51.4 Å².